The van der Waals surface area contributed by atoms with E-state index < -0.39 is 0 Å². The van der Waals surface area contributed by atoms with E-state index in [4.69, 9.17) is 10.2 Å². The molecule has 212 valence electrons. The molecule has 2 aromatic heterocycles. The minimum Gasteiger partial charge on any atom is -0.234 e. The Hall–Kier alpha value is -5.16. The summed E-state index contributed by atoms with van der Waals surface area (Å²) in [6.07, 6.45) is 0.901. The lowest BCUT2D eigenvalue weighted by Gasteiger charge is -2.37. The Bertz CT molecular complexity index is 2670. The van der Waals surface area contributed by atoms with Crippen molar-refractivity contribution in [1.29, 1.82) is 0 Å². The Morgan fingerprint density at radius 1 is 0.622 bits per heavy atom. The molecule has 3 aliphatic heterocycles. The summed E-state index contributed by atoms with van der Waals surface area (Å²) in [6.45, 7) is 9.22. The SMILES string of the molecule is CCc1nn2c3c4c(ccc13)-c1c3ccccc3c(-c3ccccc3)c3cc5c(C(C)(C)C)nn6c5c(c13)B4c1c-2cccc1-6. The van der Waals surface area contributed by atoms with Gasteiger partial charge in [0.15, 0.2) is 0 Å². The third kappa shape index (κ3) is 2.66. The van der Waals surface area contributed by atoms with E-state index in [1.165, 1.54) is 93.4 Å². The number of fused-ring (bicyclic) bond motifs is 5. The van der Waals surface area contributed by atoms with Crippen LogP contribution in [0.25, 0.3) is 77.0 Å². The van der Waals surface area contributed by atoms with Crippen molar-refractivity contribution in [2.75, 3.05) is 0 Å². The van der Waals surface area contributed by atoms with Crippen molar-refractivity contribution < 1.29 is 0 Å². The second-order valence-electron chi connectivity index (χ2n) is 14.1. The topological polar surface area (TPSA) is 35.6 Å². The number of hydrogen-bond acceptors (Lipinski definition) is 2. The summed E-state index contributed by atoms with van der Waals surface area (Å²) in [5.74, 6) is 0. The van der Waals surface area contributed by atoms with Crippen LogP contribution in [0.15, 0.2) is 91.0 Å². The molecule has 11 rings (SSSR count). The Morgan fingerprint density at radius 3 is 2.04 bits per heavy atom. The number of nitrogens with zero attached hydrogens (tertiary/aromatic N) is 4. The van der Waals surface area contributed by atoms with Gasteiger partial charge in [0, 0.05) is 16.2 Å². The highest BCUT2D eigenvalue weighted by atomic mass is 15.3. The number of aryl methyl sites for hydroxylation is 1. The molecule has 0 radical (unpaired) electrons. The van der Waals surface area contributed by atoms with Crippen molar-refractivity contribution in [3.63, 3.8) is 0 Å². The highest BCUT2D eigenvalue weighted by molar-refractivity contribution is 7.03. The summed E-state index contributed by atoms with van der Waals surface area (Å²) in [5, 5.41) is 18.6. The molecule has 6 aromatic carbocycles. The van der Waals surface area contributed by atoms with Crippen LogP contribution in [0.3, 0.4) is 0 Å². The molecular formula is C40H29BN4. The molecule has 8 aromatic rings. The molecule has 0 atom stereocenters. The van der Waals surface area contributed by atoms with Gasteiger partial charge in [0.2, 0.25) is 0 Å². The monoisotopic (exact) mass is 576 g/mol. The maximum Gasteiger partial charge on any atom is 0.254 e. The molecular weight excluding hydrogens is 547 g/mol. The van der Waals surface area contributed by atoms with Crippen LogP contribution < -0.4 is 16.4 Å². The summed E-state index contributed by atoms with van der Waals surface area (Å²) in [6, 6.07) is 34.0. The van der Waals surface area contributed by atoms with Crippen LogP contribution in [0.5, 0.6) is 0 Å². The van der Waals surface area contributed by atoms with Crippen molar-refractivity contribution in [2.45, 2.75) is 39.5 Å². The predicted octanol–water partition coefficient (Wildman–Crippen LogP) is 7.32. The van der Waals surface area contributed by atoms with Crippen molar-refractivity contribution in [3.8, 4) is 33.6 Å². The van der Waals surface area contributed by atoms with Gasteiger partial charge in [0.05, 0.1) is 33.8 Å². The third-order valence-electron chi connectivity index (χ3n) is 10.7. The molecule has 3 aliphatic rings. The molecule has 0 spiro atoms. The van der Waals surface area contributed by atoms with E-state index in [-0.39, 0.29) is 12.1 Å². The predicted molar refractivity (Wildman–Crippen MR) is 188 cm³/mol. The van der Waals surface area contributed by atoms with E-state index >= 15 is 0 Å². The maximum absolute atomic E-state index is 5.49. The summed E-state index contributed by atoms with van der Waals surface area (Å²) in [5.41, 5.74) is 16.5. The molecule has 4 nitrogen and oxygen atoms in total. The van der Waals surface area contributed by atoms with Crippen LogP contribution in [0.2, 0.25) is 0 Å². The Kier molecular flexibility index (Phi) is 4.16. The molecule has 0 unspecified atom stereocenters. The van der Waals surface area contributed by atoms with E-state index in [0.29, 0.717) is 0 Å². The van der Waals surface area contributed by atoms with Gasteiger partial charge in [-0.25, -0.2) is 9.36 Å². The molecule has 0 saturated heterocycles. The number of aromatic nitrogens is 4. The first-order chi connectivity index (χ1) is 22.0. The van der Waals surface area contributed by atoms with Crippen LogP contribution >= 0.6 is 0 Å². The molecule has 5 heterocycles. The van der Waals surface area contributed by atoms with E-state index in [2.05, 4.69) is 128 Å². The molecule has 0 bridgehead atoms. The van der Waals surface area contributed by atoms with Crippen molar-refractivity contribution in [1.82, 2.24) is 19.6 Å². The van der Waals surface area contributed by atoms with E-state index in [0.717, 1.165) is 17.8 Å². The lowest BCUT2D eigenvalue weighted by molar-refractivity contribution is 0.565. The largest absolute Gasteiger partial charge is 0.254 e. The molecule has 0 fully saturated rings. The second-order valence-corrected chi connectivity index (χ2v) is 14.1. The molecule has 5 heteroatoms. The average molecular weight is 577 g/mol. The Labute approximate surface area is 261 Å². The first-order valence-electron chi connectivity index (χ1n) is 16.1. The Balaban J connectivity index is 1.49. The van der Waals surface area contributed by atoms with Crippen molar-refractivity contribution >= 4 is 66.5 Å². The fourth-order valence-electron chi connectivity index (χ4n) is 9.06. The van der Waals surface area contributed by atoms with Crippen LogP contribution in [-0.2, 0) is 11.8 Å². The second kappa shape index (κ2) is 7.73. The normalized spacial score (nSPS) is 13.8. The zero-order chi connectivity index (χ0) is 29.9. The first-order valence-corrected chi connectivity index (χ1v) is 16.1. The summed E-state index contributed by atoms with van der Waals surface area (Å²) in [4.78, 5) is 0. The van der Waals surface area contributed by atoms with Gasteiger partial charge in [-0.05, 0) is 84.8 Å². The quantitative estimate of drug-likeness (QED) is 0.160. The minimum absolute atomic E-state index is 0.115. The van der Waals surface area contributed by atoms with Gasteiger partial charge < -0.3 is 0 Å². The summed E-state index contributed by atoms with van der Waals surface area (Å²) in [7, 11) is 0. The van der Waals surface area contributed by atoms with Gasteiger partial charge in [-0.15, -0.1) is 0 Å². The third-order valence-corrected chi connectivity index (χ3v) is 10.7. The maximum atomic E-state index is 5.49. The fourth-order valence-corrected chi connectivity index (χ4v) is 9.06. The highest BCUT2D eigenvalue weighted by Crippen LogP contribution is 2.49. The van der Waals surface area contributed by atoms with Crippen LogP contribution in [0.1, 0.15) is 39.1 Å². The minimum atomic E-state index is -0.128. The molecule has 0 N–H and O–H groups in total. The van der Waals surface area contributed by atoms with Gasteiger partial charge in [0.25, 0.3) is 6.71 Å². The molecule has 45 heavy (non-hydrogen) atoms. The zero-order valence-electron chi connectivity index (χ0n) is 25.7. The summed E-state index contributed by atoms with van der Waals surface area (Å²) >= 11 is 0. The van der Waals surface area contributed by atoms with Crippen LogP contribution in [0.4, 0.5) is 0 Å². The first kappa shape index (κ1) is 24.2. The standard InChI is InChI=1S/C40H29BN4/c1-5-28-24-18-19-25-32-23-15-10-9-14-22(23)31(21-12-7-6-8-13-21)26-20-27-38-36(33(26)32)41-34(25)37(24)44(42-28)29-16-11-17-30(35(29)41)45(38)43-39(27)40(2,3)4/h6-20H,5H2,1-4H3. The van der Waals surface area contributed by atoms with Gasteiger partial charge >= 0.3 is 0 Å². The molecule has 0 aliphatic carbocycles. The number of benzene rings is 6. The molecule has 0 saturated carbocycles. The van der Waals surface area contributed by atoms with Gasteiger partial charge in [0.1, 0.15) is 0 Å². The number of rotatable bonds is 2. The van der Waals surface area contributed by atoms with E-state index in [1.54, 1.807) is 0 Å². The van der Waals surface area contributed by atoms with E-state index in [9.17, 15) is 0 Å². The highest BCUT2D eigenvalue weighted by Gasteiger charge is 2.47. The van der Waals surface area contributed by atoms with Crippen LogP contribution in [-0.4, -0.2) is 26.3 Å². The zero-order valence-corrected chi connectivity index (χ0v) is 25.7. The number of hydrogen-bond donors (Lipinski definition) is 0. The average Bonchev–Trinajstić information content (AvgIpc) is 3.64. The van der Waals surface area contributed by atoms with Gasteiger partial charge in [-0.1, -0.05) is 100 Å². The van der Waals surface area contributed by atoms with Crippen LogP contribution in [0, 0.1) is 0 Å². The lowest BCUT2D eigenvalue weighted by atomic mass is 9.31. The Morgan fingerprint density at radius 2 is 1.31 bits per heavy atom. The van der Waals surface area contributed by atoms with Gasteiger partial charge in [-0.3, -0.25) is 0 Å². The van der Waals surface area contributed by atoms with E-state index in [1.807, 2.05) is 0 Å². The van der Waals surface area contributed by atoms with Gasteiger partial charge in [-0.2, -0.15) is 10.2 Å². The fraction of sp³-hybridized carbons (Fsp3) is 0.150. The summed E-state index contributed by atoms with van der Waals surface area (Å²) < 4.78 is 4.53. The van der Waals surface area contributed by atoms with Crippen molar-refractivity contribution in [3.05, 3.63) is 102 Å². The molecule has 0 amide bonds. The smallest absolute Gasteiger partial charge is 0.234 e. The lowest BCUT2D eigenvalue weighted by Crippen LogP contribution is -2.61. The van der Waals surface area contributed by atoms with Crippen molar-refractivity contribution in [2.24, 2.45) is 0 Å².